The van der Waals surface area contributed by atoms with Crippen molar-refractivity contribution in [3.8, 4) is 0 Å². The first-order chi connectivity index (χ1) is 15.0. The highest BCUT2D eigenvalue weighted by Gasteiger charge is 2.18. The quantitative estimate of drug-likeness (QED) is 0.165. The van der Waals surface area contributed by atoms with Gasteiger partial charge in [-0.1, -0.05) is 23.9 Å². The molecule has 2 aromatic heterocycles. The van der Waals surface area contributed by atoms with Crippen LogP contribution < -0.4 is 5.32 Å². The number of rotatable bonds is 7. The summed E-state index contributed by atoms with van der Waals surface area (Å²) in [6, 6.07) is 11.9. The molecule has 4 rings (SSSR count). The first kappa shape index (κ1) is 21.1. The molecule has 0 unspecified atom stereocenters. The van der Waals surface area contributed by atoms with Crippen molar-refractivity contribution in [1.29, 1.82) is 0 Å². The van der Waals surface area contributed by atoms with E-state index in [9.17, 15) is 14.9 Å². The number of carbonyl (C=O) groups is 1. The second-order valence-corrected chi connectivity index (χ2v) is 9.84. The molecule has 2 heterocycles. The van der Waals surface area contributed by atoms with Gasteiger partial charge in [0.2, 0.25) is 5.91 Å². The number of nitrogens with zero attached hydrogens (tertiary/aromatic N) is 4. The first-order valence-corrected chi connectivity index (χ1v) is 11.6. The van der Waals surface area contributed by atoms with E-state index >= 15 is 0 Å². The lowest BCUT2D eigenvalue weighted by atomic mass is 10.2. The predicted octanol–water partition coefficient (Wildman–Crippen LogP) is 5.53. The van der Waals surface area contributed by atoms with Gasteiger partial charge in [-0.25, -0.2) is 9.97 Å². The molecule has 0 saturated heterocycles. The van der Waals surface area contributed by atoms with E-state index in [0.717, 1.165) is 14.6 Å². The van der Waals surface area contributed by atoms with Crippen molar-refractivity contribution in [2.24, 2.45) is 4.99 Å². The number of nitro groups is 1. The molecule has 11 heteroatoms. The van der Waals surface area contributed by atoms with E-state index < -0.39 is 4.92 Å². The number of aliphatic imine (C=N–C) groups is 1. The minimum absolute atomic E-state index is 0.0246. The standard InChI is InChI=1S/C20H15N5O3S3/c1-12(18(26)24-19-21-7-8-29-19)30-20-23-16-6-5-14(10-17(16)31-20)22-11-13-3-2-4-15(9-13)25(27)28/h2-12H,1H3,(H,21,24,26)/t12-/m1/s1. The van der Waals surface area contributed by atoms with E-state index in [1.54, 1.807) is 29.9 Å². The molecule has 0 aliphatic rings. The van der Waals surface area contributed by atoms with Crippen LogP contribution in [0.15, 0.2) is 63.4 Å². The van der Waals surface area contributed by atoms with E-state index in [0.29, 0.717) is 16.4 Å². The normalized spacial score (nSPS) is 12.3. The highest BCUT2D eigenvalue weighted by molar-refractivity contribution is 8.02. The summed E-state index contributed by atoms with van der Waals surface area (Å²) in [5.41, 5.74) is 2.22. The van der Waals surface area contributed by atoms with Gasteiger partial charge < -0.3 is 5.32 Å². The monoisotopic (exact) mass is 469 g/mol. The van der Waals surface area contributed by atoms with Crippen LogP contribution in [0.1, 0.15) is 12.5 Å². The highest BCUT2D eigenvalue weighted by Crippen LogP contribution is 2.34. The second kappa shape index (κ2) is 9.33. The lowest BCUT2D eigenvalue weighted by Crippen LogP contribution is -2.22. The fourth-order valence-corrected chi connectivity index (χ4v) is 5.36. The first-order valence-electron chi connectivity index (χ1n) is 9.04. The fourth-order valence-electron chi connectivity index (χ4n) is 2.59. The topological polar surface area (TPSA) is 110 Å². The van der Waals surface area contributed by atoms with Crippen LogP contribution in [0, 0.1) is 10.1 Å². The van der Waals surface area contributed by atoms with Gasteiger partial charge in [-0.15, -0.1) is 22.7 Å². The third-order valence-corrected chi connectivity index (χ3v) is 7.01. The van der Waals surface area contributed by atoms with Crippen molar-refractivity contribution < 1.29 is 9.72 Å². The zero-order valence-electron chi connectivity index (χ0n) is 16.1. The van der Waals surface area contributed by atoms with Gasteiger partial charge in [0.1, 0.15) is 0 Å². The Bertz CT molecular complexity index is 1270. The Morgan fingerprint density at radius 3 is 2.97 bits per heavy atom. The summed E-state index contributed by atoms with van der Waals surface area (Å²) in [4.78, 5) is 35.9. The number of hydrogen-bond donors (Lipinski definition) is 1. The molecule has 2 aromatic carbocycles. The van der Waals surface area contributed by atoms with Crippen LogP contribution in [0.4, 0.5) is 16.5 Å². The van der Waals surface area contributed by atoms with E-state index in [1.807, 2.05) is 25.1 Å². The number of hydrogen-bond acceptors (Lipinski definition) is 9. The summed E-state index contributed by atoms with van der Waals surface area (Å²) in [5.74, 6) is -0.124. The molecular formula is C20H15N5O3S3. The van der Waals surface area contributed by atoms with Crippen molar-refractivity contribution >= 4 is 73.3 Å². The lowest BCUT2D eigenvalue weighted by molar-refractivity contribution is -0.384. The molecule has 0 spiro atoms. The molecule has 0 fully saturated rings. The van der Waals surface area contributed by atoms with Gasteiger partial charge in [-0.3, -0.25) is 19.9 Å². The Kier molecular flexibility index (Phi) is 6.35. The Balaban J connectivity index is 1.46. The van der Waals surface area contributed by atoms with E-state index in [-0.39, 0.29) is 16.8 Å². The molecule has 1 N–H and O–H groups in total. The van der Waals surface area contributed by atoms with Gasteiger partial charge in [0.05, 0.1) is 26.1 Å². The van der Waals surface area contributed by atoms with E-state index in [4.69, 9.17) is 0 Å². The summed E-state index contributed by atoms with van der Waals surface area (Å²) in [6.07, 6.45) is 3.24. The maximum Gasteiger partial charge on any atom is 0.270 e. The number of amides is 1. The number of thioether (sulfide) groups is 1. The zero-order chi connectivity index (χ0) is 21.8. The van der Waals surface area contributed by atoms with Crippen molar-refractivity contribution in [2.75, 3.05) is 5.32 Å². The molecular weight excluding hydrogens is 454 g/mol. The smallest absolute Gasteiger partial charge is 0.270 e. The van der Waals surface area contributed by atoms with Gasteiger partial charge in [0, 0.05) is 29.9 Å². The molecule has 0 radical (unpaired) electrons. The third-order valence-electron chi connectivity index (χ3n) is 4.11. The van der Waals surface area contributed by atoms with Gasteiger partial charge in [-0.2, -0.15) is 0 Å². The van der Waals surface area contributed by atoms with Crippen LogP contribution in [0.5, 0.6) is 0 Å². The summed E-state index contributed by atoms with van der Waals surface area (Å²) in [6.45, 7) is 1.83. The average molecular weight is 470 g/mol. The second-order valence-electron chi connectivity index (χ2n) is 6.33. The fraction of sp³-hybridized carbons (Fsp3) is 0.100. The molecule has 1 amide bonds. The van der Waals surface area contributed by atoms with E-state index in [1.165, 1.54) is 46.6 Å². The van der Waals surface area contributed by atoms with Crippen LogP contribution in [-0.2, 0) is 4.79 Å². The zero-order valence-corrected chi connectivity index (χ0v) is 18.5. The Hall–Kier alpha value is -3.15. The number of nitro benzene ring substituents is 1. The number of nitrogens with one attached hydrogen (secondary N) is 1. The van der Waals surface area contributed by atoms with Gasteiger partial charge in [0.25, 0.3) is 5.69 Å². The van der Waals surface area contributed by atoms with Crippen LogP contribution >= 0.6 is 34.4 Å². The summed E-state index contributed by atoms with van der Waals surface area (Å²) in [5, 5.41) is 15.7. The number of thiazole rings is 2. The van der Waals surface area contributed by atoms with Crippen molar-refractivity contribution in [3.05, 3.63) is 69.7 Å². The van der Waals surface area contributed by atoms with Crippen molar-refractivity contribution in [3.63, 3.8) is 0 Å². The molecule has 8 nitrogen and oxygen atoms in total. The summed E-state index contributed by atoms with van der Waals surface area (Å²) in [7, 11) is 0. The number of benzene rings is 2. The minimum atomic E-state index is -0.432. The maximum atomic E-state index is 12.3. The molecule has 0 aliphatic carbocycles. The number of anilines is 1. The minimum Gasteiger partial charge on any atom is -0.301 e. The Morgan fingerprint density at radius 1 is 1.32 bits per heavy atom. The van der Waals surface area contributed by atoms with E-state index in [2.05, 4.69) is 20.3 Å². The third kappa shape index (κ3) is 5.32. The summed E-state index contributed by atoms with van der Waals surface area (Å²) < 4.78 is 1.74. The molecule has 0 bridgehead atoms. The Morgan fingerprint density at radius 2 is 2.19 bits per heavy atom. The number of aromatic nitrogens is 2. The van der Waals surface area contributed by atoms with Crippen LogP contribution in [0.2, 0.25) is 0 Å². The predicted molar refractivity (Wildman–Crippen MR) is 126 cm³/mol. The summed E-state index contributed by atoms with van der Waals surface area (Å²) >= 11 is 4.25. The van der Waals surface area contributed by atoms with Crippen molar-refractivity contribution in [1.82, 2.24) is 9.97 Å². The maximum absolute atomic E-state index is 12.3. The Labute approximate surface area is 189 Å². The van der Waals surface area contributed by atoms with Crippen LogP contribution in [0.3, 0.4) is 0 Å². The number of carbonyl (C=O) groups excluding carboxylic acids is 1. The lowest BCUT2D eigenvalue weighted by Gasteiger charge is -2.07. The SMILES string of the molecule is C[C@@H](Sc1nc2ccc(N=Cc3cccc([N+](=O)[O-])c3)cc2s1)C(=O)Nc1nccs1. The van der Waals surface area contributed by atoms with Gasteiger partial charge in [0.15, 0.2) is 9.47 Å². The van der Waals surface area contributed by atoms with Crippen LogP contribution in [0.25, 0.3) is 10.2 Å². The largest absolute Gasteiger partial charge is 0.301 e. The highest BCUT2D eigenvalue weighted by atomic mass is 32.2. The number of non-ortho nitro benzene ring substituents is 1. The average Bonchev–Trinajstić information content (AvgIpc) is 3.41. The molecule has 4 aromatic rings. The van der Waals surface area contributed by atoms with Crippen LogP contribution in [-0.4, -0.2) is 32.3 Å². The number of fused-ring (bicyclic) bond motifs is 1. The molecule has 0 aliphatic heterocycles. The molecule has 1 atom stereocenters. The van der Waals surface area contributed by atoms with Gasteiger partial charge >= 0.3 is 0 Å². The molecule has 0 saturated carbocycles. The van der Waals surface area contributed by atoms with Gasteiger partial charge in [-0.05, 0) is 30.7 Å². The molecule has 31 heavy (non-hydrogen) atoms. The van der Waals surface area contributed by atoms with Crippen molar-refractivity contribution in [2.45, 2.75) is 16.5 Å². The molecule has 156 valence electrons.